The Bertz CT molecular complexity index is 351. The van der Waals surface area contributed by atoms with Crippen LogP contribution in [0.2, 0.25) is 0 Å². The normalized spacial score (nSPS) is 12.2. The molecule has 0 aliphatic carbocycles. The van der Waals surface area contributed by atoms with Gasteiger partial charge < -0.3 is 11.1 Å². The molecule has 1 atom stereocenters. The van der Waals surface area contributed by atoms with Crippen LogP contribution < -0.4 is 11.1 Å². The van der Waals surface area contributed by atoms with E-state index in [9.17, 15) is 9.18 Å². The molecule has 1 aromatic carbocycles. The van der Waals surface area contributed by atoms with Crippen LogP contribution in [-0.4, -0.2) is 12.5 Å². The fourth-order valence-electron chi connectivity index (χ4n) is 1.58. The number of amides is 1. The molecule has 0 aliphatic heterocycles. The first-order chi connectivity index (χ1) is 8.13. The zero-order valence-corrected chi connectivity index (χ0v) is 10.1. The van der Waals surface area contributed by atoms with E-state index in [1.54, 1.807) is 12.1 Å². The minimum atomic E-state index is -0.268. The number of rotatable bonds is 6. The van der Waals surface area contributed by atoms with Gasteiger partial charge in [0, 0.05) is 6.42 Å². The van der Waals surface area contributed by atoms with Crippen LogP contribution in [0.15, 0.2) is 24.3 Å². The van der Waals surface area contributed by atoms with Gasteiger partial charge in [-0.2, -0.15) is 0 Å². The van der Waals surface area contributed by atoms with Crippen molar-refractivity contribution in [3.8, 4) is 0 Å². The molecule has 94 valence electrons. The topological polar surface area (TPSA) is 55.1 Å². The molecule has 0 saturated heterocycles. The van der Waals surface area contributed by atoms with Crippen molar-refractivity contribution in [3.63, 3.8) is 0 Å². The lowest BCUT2D eigenvalue weighted by Crippen LogP contribution is -2.26. The standard InChI is InChI=1S/C13H19FN2O/c1-10(11-5-7-12(14)8-6-11)16-13(17)4-2-3-9-15/h5-8,10H,2-4,9,15H2,1H3,(H,16,17)/t10-/m0/s1. The Kier molecular flexibility index (Phi) is 5.63. The van der Waals surface area contributed by atoms with Crippen molar-refractivity contribution in [2.45, 2.75) is 32.2 Å². The summed E-state index contributed by atoms with van der Waals surface area (Å²) in [6, 6.07) is 6.06. The number of benzene rings is 1. The van der Waals surface area contributed by atoms with E-state index in [-0.39, 0.29) is 17.8 Å². The van der Waals surface area contributed by atoms with E-state index in [1.165, 1.54) is 12.1 Å². The molecular formula is C13H19FN2O. The van der Waals surface area contributed by atoms with Crippen LogP contribution in [0, 0.1) is 5.82 Å². The highest BCUT2D eigenvalue weighted by molar-refractivity contribution is 5.76. The van der Waals surface area contributed by atoms with Gasteiger partial charge in [0.1, 0.15) is 5.82 Å². The van der Waals surface area contributed by atoms with Gasteiger partial charge in [0.25, 0.3) is 0 Å². The minimum absolute atomic E-state index is 0.00951. The second-order valence-corrected chi connectivity index (χ2v) is 4.09. The van der Waals surface area contributed by atoms with Gasteiger partial charge >= 0.3 is 0 Å². The number of hydrogen-bond acceptors (Lipinski definition) is 2. The molecule has 0 fully saturated rings. The van der Waals surface area contributed by atoms with Gasteiger partial charge in [0.15, 0.2) is 0 Å². The van der Waals surface area contributed by atoms with E-state index in [2.05, 4.69) is 5.32 Å². The highest BCUT2D eigenvalue weighted by Gasteiger charge is 2.08. The Morgan fingerprint density at radius 2 is 2.00 bits per heavy atom. The van der Waals surface area contributed by atoms with Crippen LogP contribution in [0.1, 0.15) is 37.8 Å². The molecule has 4 heteroatoms. The zero-order valence-electron chi connectivity index (χ0n) is 10.1. The van der Waals surface area contributed by atoms with Gasteiger partial charge in [-0.05, 0) is 44.0 Å². The third-order valence-corrected chi connectivity index (χ3v) is 2.61. The maximum absolute atomic E-state index is 12.7. The van der Waals surface area contributed by atoms with Crippen LogP contribution in [0.5, 0.6) is 0 Å². The maximum Gasteiger partial charge on any atom is 0.220 e. The Balaban J connectivity index is 2.40. The SMILES string of the molecule is C[C@H](NC(=O)CCCCN)c1ccc(F)cc1. The lowest BCUT2D eigenvalue weighted by molar-refractivity contribution is -0.121. The molecule has 0 radical (unpaired) electrons. The molecule has 0 bridgehead atoms. The average molecular weight is 238 g/mol. The molecule has 0 spiro atoms. The van der Waals surface area contributed by atoms with Crippen molar-refractivity contribution in [2.24, 2.45) is 5.73 Å². The second-order valence-electron chi connectivity index (χ2n) is 4.09. The van der Waals surface area contributed by atoms with Crippen molar-refractivity contribution in [3.05, 3.63) is 35.6 Å². The lowest BCUT2D eigenvalue weighted by atomic mass is 10.1. The summed E-state index contributed by atoms with van der Waals surface area (Å²) >= 11 is 0. The number of carbonyl (C=O) groups excluding carboxylic acids is 1. The summed E-state index contributed by atoms with van der Waals surface area (Å²) in [7, 11) is 0. The molecule has 1 amide bonds. The number of nitrogens with two attached hydrogens (primary N) is 1. The minimum Gasteiger partial charge on any atom is -0.350 e. The highest BCUT2D eigenvalue weighted by Crippen LogP contribution is 2.13. The van der Waals surface area contributed by atoms with Crippen LogP contribution in [0.4, 0.5) is 4.39 Å². The van der Waals surface area contributed by atoms with Gasteiger partial charge in [-0.15, -0.1) is 0 Å². The fraction of sp³-hybridized carbons (Fsp3) is 0.462. The summed E-state index contributed by atoms with van der Waals surface area (Å²) in [5, 5.41) is 2.87. The zero-order chi connectivity index (χ0) is 12.7. The molecule has 3 nitrogen and oxygen atoms in total. The molecule has 0 unspecified atom stereocenters. The van der Waals surface area contributed by atoms with E-state index in [0.29, 0.717) is 13.0 Å². The summed E-state index contributed by atoms with van der Waals surface area (Å²) in [5.74, 6) is -0.259. The summed E-state index contributed by atoms with van der Waals surface area (Å²) in [4.78, 5) is 11.5. The fourth-order valence-corrected chi connectivity index (χ4v) is 1.58. The van der Waals surface area contributed by atoms with Crippen molar-refractivity contribution in [1.29, 1.82) is 0 Å². The largest absolute Gasteiger partial charge is 0.350 e. The number of carbonyl (C=O) groups is 1. The second kappa shape index (κ2) is 7.01. The van der Waals surface area contributed by atoms with E-state index < -0.39 is 0 Å². The van der Waals surface area contributed by atoms with Crippen molar-refractivity contribution >= 4 is 5.91 Å². The first-order valence-electron chi connectivity index (χ1n) is 5.88. The molecule has 17 heavy (non-hydrogen) atoms. The molecular weight excluding hydrogens is 219 g/mol. The summed E-state index contributed by atoms with van der Waals surface area (Å²) < 4.78 is 12.7. The van der Waals surface area contributed by atoms with Crippen molar-refractivity contribution < 1.29 is 9.18 Å². The predicted molar refractivity (Wildman–Crippen MR) is 65.9 cm³/mol. The number of nitrogens with one attached hydrogen (secondary N) is 1. The average Bonchev–Trinajstić information content (AvgIpc) is 2.30. The van der Waals surface area contributed by atoms with Crippen molar-refractivity contribution in [1.82, 2.24) is 5.32 Å². The predicted octanol–water partition coefficient (Wildman–Crippen LogP) is 2.13. The molecule has 3 N–H and O–H groups in total. The van der Waals surface area contributed by atoms with Gasteiger partial charge in [-0.25, -0.2) is 4.39 Å². The van der Waals surface area contributed by atoms with Crippen molar-refractivity contribution in [2.75, 3.05) is 6.54 Å². The molecule has 0 aliphatic rings. The van der Waals surface area contributed by atoms with E-state index in [4.69, 9.17) is 5.73 Å². The van der Waals surface area contributed by atoms with Crippen LogP contribution in [0.25, 0.3) is 0 Å². The van der Waals surface area contributed by atoms with Gasteiger partial charge in [-0.3, -0.25) is 4.79 Å². The number of unbranched alkanes of at least 4 members (excludes halogenated alkanes) is 1. The smallest absolute Gasteiger partial charge is 0.220 e. The Morgan fingerprint density at radius 3 is 2.59 bits per heavy atom. The number of hydrogen-bond donors (Lipinski definition) is 2. The van der Waals surface area contributed by atoms with Gasteiger partial charge in [0.2, 0.25) is 5.91 Å². The van der Waals surface area contributed by atoms with E-state index >= 15 is 0 Å². The van der Waals surface area contributed by atoms with Crippen LogP contribution in [0.3, 0.4) is 0 Å². The molecule has 0 saturated carbocycles. The Hall–Kier alpha value is -1.42. The van der Waals surface area contributed by atoms with Gasteiger partial charge in [-0.1, -0.05) is 12.1 Å². The Morgan fingerprint density at radius 1 is 1.35 bits per heavy atom. The van der Waals surface area contributed by atoms with Gasteiger partial charge in [0.05, 0.1) is 6.04 Å². The molecule has 1 aromatic rings. The molecule has 0 heterocycles. The van der Waals surface area contributed by atoms with E-state index in [0.717, 1.165) is 18.4 Å². The third-order valence-electron chi connectivity index (χ3n) is 2.61. The first-order valence-corrected chi connectivity index (χ1v) is 5.88. The summed E-state index contributed by atoms with van der Waals surface area (Å²) in [6.07, 6.45) is 2.15. The first kappa shape index (κ1) is 13.6. The maximum atomic E-state index is 12.7. The number of halogens is 1. The lowest BCUT2D eigenvalue weighted by Gasteiger charge is -2.14. The monoisotopic (exact) mass is 238 g/mol. The highest BCUT2D eigenvalue weighted by atomic mass is 19.1. The summed E-state index contributed by atoms with van der Waals surface area (Å²) in [5.41, 5.74) is 6.26. The molecule has 1 rings (SSSR count). The summed E-state index contributed by atoms with van der Waals surface area (Å²) in [6.45, 7) is 2.49. The van der Waals surface area contributed by atoms with E-state index in [1.807, 2.05) is 6.92 Å². The van der Waals surface area contributed by atoms with Crippen LogP contribution >= 0.6 is 0 Å². The Labute approximate surface area is 101 Å². The third kappa shape index (κ3) is 4.95. The quantitative estimate of drug-likeness (QED) is 0.746. The van der Waals surface area contributed by atoms with Crippen LogP contribution in [-0.2, 0) is 4.79 Å². The molecule has 0 aromatic heterocycles.